The van der Waals surface area contributed by atoms with Crippen LogP contribution in [0.1, 0.15) is 32.4 Å². The van der Waals surface area contributed by atoms with E-state index in [1.807, 2.05) is 66.7 Å². The SMILES string of the molecule is N#Cc1ccc(C[C@H](C(=O)c2ccccc2)c2nc3ccccc3s2)cc1. The molecule has 0 N–H and O–H groups in total. The largest absolute Gasteiger partial charge is 0.293 e. The molecule has 0 aliphatic rings. The van der Waals surface area contributed by atoms with Crippen LogP contribution in [0.2, 0.25) is 0 Å². The van der Waals surface area contributed by atoms with E-state index in [-0.39, 0.29) is 11.7 Å². The van der Waals surface area contributed by atoms with Gasteiger partial charge in [0.2, 0.25) is 0 Å². The Hall–Kier alpha value is -3.29. The fraction of sp³-hybridized carbons (Fsp3) is 0.0870. The molecule has 1 atom stereocenters. The Balaban J connectivity index is 1.74. The molecular weight excluding hydrogens is 352 g/mol. The number of aromatic nitrogens is 1. The smallest absolute Gasteiger partial charge is 0.173 e. The minimum Gasteiger partial charge on any atom is -0.293 e. The molecule has 3 nitrogen and oxygen atoms in total. The quantitative estimate of drug-likeness (QED) is 0.445. The van der Waals surface area contributed by atoms with Gasteiger partial charge in [-0.05, 0) is 36.2 Å². The molecule has 0 aliphatic carbocycles. The maximum atomic E-state index is 13.3. The van der Waals surface area contributed by atoms with Crippen LogP contribution >= 0.6 is 11.3 Å². The standard InChI is InChI=1S/C23H16N2OS/c24-15-17-12-10-16(11-13-17)14-19(22(26)18-6-2-1-3-7-18)23-25-20-8-4-5-9-21(20)27-23/h1-13,19H,14H2/t19-/m1/s1. The topological polar surface area (TPSA) is 53.8 Å². The first-order chi connectivity index (χ1) is 13.2. The molecule has 0 fully saturated rings. The maximum Gasteiger partial charge on any atom is 0.173 e. The van der Waals surface area contributed by atoms with E-state index in [1.165, 1.54) is 0 Å². The molecule has 0 saturated carbocycles. The van der Waals surface area contributed by atoms with E-state index in [2.05, 4.69) is 6.07 Å². The van der Waals surface area contributed by atoms with Crippen LogP contribution in [0.4, 0.5) is 0 Å². The molecule has 4 rings (SSSR count). The minimum absolute atomic E-state index is 0.0685. The molecule has 1 heterocycles. The first-order valence-corrected chi connectivity index (χ1v) is 9.50. The molecule has 0 spiro atoms. The highest BCUT2D eigenvalue weighted by Crippen LogP contribution is 2.32. The molecular formula is C23H16N2OS. The van der Waals surface area contributed by atoms with Gasteiger partial charge in [0.15, 0.2) is 5.78 Å². The maximum absolute atomic E-state index is 13.3. The predicted molar refractivity (Wildman–Crippen MR) is 108 cm³/mol. The molecule has 0 amide bonds. The molecule has 0 radical (unpaired) electrons. The van der Waals surface area contributed by atoms with Crippen LogP contribution < -0.4 is 0 Å². The lowest BCUT2D eigenvalue weighted by Crippen LogP contribution is -2.15. The number of thiazole rings is 1. The Morgan fingerprint density at radius 3 is 2.37 bits per heavy atom. The lowest BCUT2D eigenvalue weighted by Gasteiger charge is -2.14. The van der Waals surface area contributed by atoms with Crippen LogP contribution in [0, 0.1) is 11.3 Å². The van der Waals surface area contributed by atoms with Gasteiger partial charge in [0, 0.05) is 5.56 Å². The zero-order chi connectivity index (χ0) is 18.6. The summed E-state index contributed by atoms with van der Waals surface area (Å²) in [5.74, 6) is -0.281. The van der Waals surface area contributed by atoms with Crippen LogP contribution in [0.5, 0.6) is 0 Å². The molecule has 0 bridgehead atoms. The van der Waals surface area contributed by atoms with Gasteiger partial charge in [-0.3, -0.25) is 4.79 Å². The summed E-state index contributed by atoms with van der Waals surface area (Å²) in [5.41, 5.74) is 3.24. The first kappa shape index (κ1) is 17.1. The Morgan fingerprint density at radius 2 is 1.67 bits per heavy atom. The monoisotopic (exact) mass is 368 g/mol. The second-order valence-electron chi connectivity index (χ2n) is 6.32. The van der Waals surface area contributed by atoms with E-state index in [0.29, 0.717) is 17.5 Å². The number of hydrogen-bond donors (Lipinski definition) is 0. The van der Waals surface area contributed by atoms with Crippen molar-refractivity contribution in [3.8, 4) is 6.07 Å². The van der Waals surface area contributed by atoms with Crippen molar-refractivity contribution in [1.82, 2.24) is 4.98 Å². The van der Waals surface area contributed by atoms with Gasteiger partial charge in [-0.25, -0.2) is 4.98 Å². The zero-order valence-electron chi connectivity index (χ0n) is 14.5. The number of fused-ring (bicyclic) bond motifs is 1. The summed E-state index contributed by atoms with van der Waals surface area (Å²) in [7, 11) is 0. The third-order valence-corrected chi connectivity index (χ3v) is 5.66. The fourth-order valence-electron chi connectivity index (χ4n) is 3.09. The average molecular weight is 368 g/mol. The lowest BCUT2D eigenvalue weighted by atomic mass is 9.91. The van der Waals surface area contributed by atoms with Gasteiger partial charge >= 0.3 is 0 Å². The molecule has 27 heavy (non-hydrogen) atoms. The number of benzene rings is 3. The number of ketones is 1. The Bertz CT molecular complexity index is 1090. The Kier molecular flexibility index (Phi) is 4.78. The summed E-state index contributed by atoms with van der Waals surface area (Å²) in [6, 6.07) is 26.8. The van der Waals surface area contributed by atoms with Crippen molar-refractivity contribution >= 4 is 27.3 Å². The Labute approximate surface area is 161 Å². The van der Waals surface area contributed by atoms with Gasteiger partial charge in [-0.15, -0.1) is 11.3 Å². The van der Waals surface area contributed by atoms with E-state index < -0.39 is 0 Å². The third kappa shape index (κ3) is 3.64. The highest BCUT2D eigenvalue weighted by atomic mass is 32.1. The first-order valence-electron chi connectivity index (χ1n) is 8.68. The number of nitrogens with zero attached hydrogens (tertiary/aromatic N) is 2. The summed E-state index contributed by atoms with van der Waals surface area (Å²) >= 11 is 1.57. The zero-order valence-corrected chi connectivity index (χ0v) is 15.3. The lowest BCUT2D eigenvalue weighted by molar-refractivity contribution is 0.0959. The van der Waals surface area contributed by atoms with Crippen molar-refractivity contribution in [3.05, 3.63) is 101 Å². The van der Waals surface area contributed by atoms with E-state index in [1.54, 1.807) is 23.5 Å². The molecule has 4 heteroatoms. The number of rotatable bonds is 5. The summed E-state index contributed by atoms with van der Waals surface area (Å²) < 4.78 is 1.08. The second-order valence-corrected chi connectivity index (χ2v) is 7.38. The van der Waals surface area contributed by atoms with Gasteiger partial charge in [-0.2, -0.15) is 5.26 Å². The van der Waals surface area contributed by atoms with Crippen LogP contribution in [0.3, 0.4) is 0 Å². The van der Waals surface area contributed by atoms with Gasteiger partial charge in [0.25, 0.3) is 0 Å². The molecule has 3 aromatic carbocycles. The molecule has 4 aromatic rings. The highest BCUT2D eigenvalue weighted by Gasteiger charge is 2.25. The molecule has 0 unspecified atom stereocenters. The Morgan fingerprint density at radius 1 is 0.963 bits per heavy atom. The van der Waals surface area contributed by atoms with E-state index in [0.717, 1.165) is 20.8 Å². The van der Waals surface area contributed by atoms with E-state index >= 15 is 0 Å². The summed E-state index contributed by atoms with van der Waals surface area (Å²) in [4.78, 5) is 18.0. The number of nitriles is 1. The number of carbonyl (C=O) groups is 1. The van der Waals surface area contributed by atoms with Crippen molar-refractivity contribution in [2.24, 2.45) is 0 Å². The van der Waals surface area contributed by atoms with E-state index in [4.69, 9.17) is 10.2 Å². The molecule has 0 aliphatic heterocycles. The third-order valence-electron chi connectivity index (χ3n) is 4.51. The van der Waals surface area contributed by atoms with Gasteiger partial charge in [0.1, 0.15) is 5.01 Å². The number of carbonyl (C=O) groups excluding carboxylic acids is 1. The molecule has 1 aromatic heterocycles. The van der Waals surface area contributed by atoms with Crippen LogP contribution in [0.25, 0.3) is 10.2 Å². The highest BCUT2D eigenvalue weighted by molar-refractivity contribution is 7.18. The predicted octanol–water partition coefficient (Wildman–Crippen LogP) is 5.38. The van der Waals surface area contributed by atoms with Crippen molar-refractivity contribution in [2.75, 3.05) is 0 Å². The fourth-order valence-corrected chi connectivity index (χ4v) is 4.15. The van der Waals surface area contributed by atoms with Crippen LogP contribution in [-0.2, 0) is 6.42 Å². The second kappa shape index (κ2) is 7.53. The van der Waals surface area contributed by atoms with E-state index in [9.17, 15) is 4.79 Å². The van der Waals surface area contributed by atoms with Gasteiger partial charge in [-0.1, -0.05) is 54.6 Å². The molecule has 0 saturated heterocycles. The van der Waals surface area contributed by atoms with Crippen molar-refractivity contribution in [3.63, 3.8) is 0 Å². The summed E-state index contributed by atoms with van der Waals surface area (Å²) in [6.45, 7) is 0. The van der Waals surface area contributed by atoms with Crippen molar-refractivity contribution in [2.45, 2.75) is 12.3 Å². The van der Waals surface area contributed by atoms with Crippen LogP contribution in [-0.4, -0.2) is 10.8 Å². The van der Waals surface area contributed by atoms with Crippen molar-refractivity contribution in [1.29, 1.82) is 5.26 Å². The molecule has 130 valence electrons. The van der Waals surface area contributed by atoms with Gasteiger partial charge in [0.05, 0.1) is 27.8 Å². The number of Topliss-reactive ketones (excluding diaryl/α,β-unsaturated/α-hetero) is 1. The normalized spacial score (nSPS) is 11.8. The minimum atomic E-state index is -0.349. The summed E-state index contributed by atoms with van der Waals surface area (Å²) in [5, 5.41) is 9.82. The van der Waals surface area contributed by atoms with Crippen LogP contribution in [0.15, 0.2) is 78.9 Å². The summed E-state index contributed by atoms with van der Waals surface area (Å²) in [6.07, 6.45) is 0.555. The van der Waals surface area contributed by atoms with Gasteiger partial charge < -0.3 is 0 Å². The average Bonchev–Trinajstić information content (AvgIpc) is 3.16. The van der Waals surface area contributed by atoms with Crippen molar-refractivity contribution < 1.29 is 4.79 Å². The number of hydrogen-bond acceptors (Lipinski definition) is 4. The number of para-hydroxylation sites is 1.